The third-order valence-corrected chi connectivity index (χ3v) is 4.30. The molecule has 0 spiro atoms. The van der Waals surface area contributed by atoms with Crippen LogP contribution in [-0.4, -0.2) is 33.4 Å². The number of thioether (sulfide) groups is 1. The number of ether oxygens (including phenoxy) is 1. The van der Waals surface area contributed by atoms with E-state index in [2.05, 4.69) is 20.5 Å². The number of benzene rings is 1. The monoisotopic (exact) mass is 336 g/mol. The molecule has 2 N–H and O–H groups in total. The molecule has 1 saturated heterocycles. The van der Waals surface area contributed by atoms with E-state index in [1.165, 1.54) is 23.9 Å². The van der Waals surface area contributed by atoms with Crippen molar-refractivity contribution in [3.8, 4) is 0 Å². The number of nitrogens with zero attached hydrogens (tertiary/aromatic N) is 2. The normalized spacial score (nSPS) is 17.3. The van der Waals surface area contributed by atoms with Crippen molar-refractivity contribution >= 4 is 17.7 Å². The summed E-state index contributed by atoms with van der Waals surface area (Å²) >= 11 is 1.26. The number of carbonyl (C=O) groups is 1. The lowest BCUT2D eigenvalue weighted by molar-refractivity contribution is -0.118. The van der Waals surface area contributed by atoms with Crippen LogP contribution in [0.15, 0.2) is 29.4 Å². The standard InChI is InChI=1S/C15H17FN4O2S/c16-11-5-3-10(4-6-11)8-17-13(21)9-23-15-18-14(19-20-15)12-2-1-7-22-12/h3-6,12H,1-2,7-9H2,(H,17,21)(H,18,19,20). The molecule has 1 aromatic carbocycles. The van der Waals surface area contributed by atoms with Crippen molar-refractivity contribution in [1.29, 1.82) is 0 Å². The topological polar surface area (TPSA) is 79.9 Å². The maximum absolute atomic E-state index is 12.8. The highest BCUT2D eigenvalue weighted by Gasteiger charge is 2.21. The third-order valence-electron chi connectivity index (χ3n) is 3.45. The zero-order valence-corrected chi connectivity index (χ0v) is 13.2. The fourth-order valence-electron chi connectivity index (χ4n) is 2.24. The van der Waals surface area contributed by atoms with Crippen LogP contribution >= 0.6 is 11.8 Å². The number of hydrogen-bond acceptors (Lipinski definition) is 5. The van der Waals surface area contributed by atoms with Crippen molar-refractivity contribution < 1.29 is 13.9 Å². The fourth-order valence-corrected chi connectivity index (χ4v) is 2.88. The van der Waals surface area contributed by atoms with Crippen LogP contribution in [-0.2, 0) is 16.1 Å². The SMILES string of the molecule is O=C(CSc1n[nH]c(C2CCCO2)n1)NCc1ccc(F)cc1. The van der Waals surface area contributed by atoms with Gasteiger partial charge in [0.1, 0.15) is 11.9 Å². The van der Waals surface area contributed by atoms with Crippen LogP contribution in [0, 0.1) is 5.82 Å². The highest BCUT2D eigenvalue weighted by atomic mass is 32.2. The molecule has 2 aromatic rings. The first-order chi connectivity index (χ1) is 11.2. The number of aromatic amines is 1. The van der Waals surface area contributed by atoms with Crippen molar-refractivity contribution in [2.75, 3.05) is 12.4 Å². The van der Waals surface area contributed by atoms with E-state index in [0.717, 1.165) is 30.8 Å². The predicted octanol–water partition coefficient (Wildman–Crippen LogP) is 2.20. The molecule has 1 aromatic heterocycles. The van der Waals surface area contributed by atoms with Gasteiger partial charge in [-0.2, -0.15) is 0 Å². The Morgan fingerprint density at radius 3 is 3.00 bits per heavy atom. The molecule has 1 amide bonds. The Labute approximate surface area is 137 Å². The van der Waals surface area contributed by atoms with E-state index in [-0.39, 0.29) is 23.6 Å². The molecule has 1 atom stereocenters. The first kappa shape index (κ1) is 15.9. The fraction of sp³-hybridized carbons (Fsp3) is 0.400. The highest BCUT2D eigenvalue weighted by Crippen LogP contribution is 2.26. The molecule has 3 rings (SSSR count). The van der Waals surface area contributed by atoms with Gasteiger partial charge in [0.15, 0.2) is 5.82 Å². The Balaban J connectivity index is 1.42. The molecule has 2 heterocycles. The average Bonchev–Trinajstić information content (AvgIpc) is 3.23. The van der Waals surface area contributed by atoms with Gasteiger partial charge in [0.05, 0.1) is 5.75 Å². The van der Waals surface area contributed by atoms with Crippen LogP contribution in [0.3, 0.4) is 0 Å². The van der Waals surface area contributed by atoms with Gasteiger partial charge in [-0.25, -0.2) is 9.37 Å². The zero-order valence-electron chi connectivity index (χ0n) is 12.4. The molecular weight excluding hydrogens is 319 g/mol. The smallest absolute Gasteiger partial charge is 0.230 e. The van der Waals surface area contributed by atoms with Crippen LogP contribution in [0.5, 0.6) is 0 Å². The van der Waals surface area contributed by atoms with Gasteiger partial charge in [0.25, 0.3) is 0 Å². The number of halogens is 1. The van der Waals surface area contributed by atoms with Gasteiger partial charge < -0.3 is 10.1 Å². The molecule has 0 aliphatic carbocycles. The lowest BCUT2D eigenvalue weighted by atomic mass is 10.2. The van der Waals surface area contributed by atoms with Gasteiger partial charge in [0.2, 0.25) is 11.1 Å². The summed E-state index contributed by atoms with van der Waals surface area (Å²) < 4.78 is 18.3. The van der Waals surface area contributed by atoms with Gasteiger partial charge in [-0.15, -0.1) is 5.10 Å². The van der Waals surface area contributed by atoms with Gasteiger partial charge in [-0.3, -0.25) is 9.89 Å². The van der Waals surface area contributed by atoms with E-state index in [0.29, 0.717) is 11.7 Å². The molecule has 6 nitrogen and oxygen atoms in total. The summed E-state index contributed by atoms with van der Waals surface area (Å²) in [7, 11) is 0. The average molecular weight is 336 g/mol. The number of H-pyrrole nitrogens is 1. The summed E-state index contributed by atoms with van der Waals surface area (Å²) in [5.41, 5.74) is 0.850. The number of hydrogen-bond donors (Lipinski definition) is 2. The Morgan fingerprint density at radius 1 is 1.43 bits per heavy atom. The minimum Gasteiger partial charge on any atom is -0.370 e. The number of amides is 1. The maximum atomic E-state index is 12.8. The second-order valence-corrected chi connectivity index (χ2v) is 6.14. The first-order valence-corrected chi connectivity index (χ1v) is 8.37. The molecule has 1 fully saturated rings. The molecule has 0 bridgehead atoms. The van der Waals surface area contributed by atoms with Crippen molar-refractivity contribution in [3.63, 3.8) is 0 Å². The Hall–Kier alpha value is -1.93. The molecule has 8 heteroatoms. The Bertz CT molecular complexity index is 656. The van der Waals surface area contributed by atoms with Crippen LogP contribution in [0.25, 0.3) is 0 Å². The molecule has 0 radical (unpaired) electrons. The van der Waals surface area contributed by atoms with Gasteiger partial charge >= 0.3 is 0 Å². The molecule has 1 aliphatic rings. The quantitative estimate of drug-likeness (QED) is 0.791. The van der Waals surface area contributed by atoms with Crippen LogP contribution in [0.1, 0.15) is 30.3 Å². The lowest BCUT2D eigenvalue weighted by Gasteiger charge is -2.04. The minimum absolute atomic E-state index is 0.0100. The summed E-state index contributed by atoms with van der Waals surface area (Å²) in [6.07, 6.45) is 1.96. The number of nitrogens with one attached hydrogen (secondary N) is 2. The number of carbonyl (C=O) groups excluding carboxylic acids is 1. The van der Waals surface area contributed by atoms with E-state index in [1.807, 2.05) is 0 Å². The zero-order chi connectivity index (χ0) is 16.1. The Kier molecular flexibility index (Phi) is 5.24. The van der Waals surface area contributed by atoms with Crippen molar-refractivity contribution in [2.24, 2.45) is 0 Å². The summed E-state index contributed by atoms with van der Waals surface area (Å²) in [6.45, 7) is 1.12. The molecule has 0 saturated carbocycles. The van der Waals surface area contributed by atoms with Gasteiger partial charge in [-0.1, -0.05) is 23.9 Å². The summed E-state index contributed by atoms with van der Waals surface area (Å²) in [4.78, 5) is 16.2. The molecular formula is C15H17FN4O2S. The lowest BCUT2D eigenvalue weighted by Crippen LogP contribution is -2.24. The van der Waals surface area contributed by atoms with Gasteiger partial charge in [0, 0.05) is 13.2 Å². The van der Waals surface area contributed by atoms with E-state index in [1.54, 1.807) is 12.1 Å². The largest absolute Gasteiger partial charge is 0.370 e. The van der Waals surface area contributed by atoms with E-state index in [9.17, 15) is 9.18 Å². The van der Waals surface area contributed by atoms with Crippen molar-refractivity contribution in [1.82, 2.24) is 20.5 Å². The van der Waals surface area contributed by atoms with Crippen molar-refractivity contribution in [2.45, 2.75) is 30.6 Å². The second-order valence-electron chi connectivity index (χ2n) is 5.20. The summed E-state index contributed by atoms with van der Waals surface area (Å²) in [6, 6.07) is 6.03. The number of rotatable bonds is 6. The summed E-state index contributed by atoms with van der Waals surface area (Å²) in [5, 5.41) is 10.3. The molecule has 1 aliphatic heterocycles. The van der Waals surface area contributed by atoms with Gasteiger partial charge in [-0.05, 0) is 30.5 Å². The predicted molar refractivity (Wildman–Crippen MR) is 83.3 cm³/mol. The molecule has 1 unspecified atom stereocenters. The van der Waals surface area contributed by atoms with Crippen LogP contribution in [0.4, 0.5) is 4.39 Å². The van der Waals surface area contributed by atoms with Crippen LogP contribution < -0.4 is 5.32 Å². The maximum Gasteiger partial charge on any atom is 0.230 e. The molecule has 122 valence electrons. The van der Waals surface area contributed by atoms with Crippen molar-refractivity contribution in [3.05, 3.63) is 41.5 Å². The third kappa shape index (κ3) is 4.52. The highest BCUT2D eigenvalue weighted by molar-refractivity contribution is 7.99. The number of aromatic nitrogens is 3. The van der Waals surface area contributed by atoms with E-state index in [4.69, 9.17) is 4.74 Å². The molecule has 23 heavy (non-hydrogen) atoms. The Morgan fingerprint density at radius 2 is 2.26 bits per heavy atom. The minimum atomic E-state index is -0.290. The van der Waals surface area contributed by atoms with Crippen LogP contribution in [0.2, 0.25) is 0 Å². The van der Waals surface area contributed by atoms with E-state index >= 15 is 0 Å². The second kappa shape index (κ2) is 7.56. The summed E-state index contributed by atoms with van der Waals surface area (Å²) in [5.74, 6) is 0.533. The first-order valence-electron chi connectivity index (χ1n) is 7.38. The van der Waals surface area contributed by atoms with E-state index < -0.39 is 0 Å².